The Hall–Kier alpha value is -4.23. The molecule has 1 amide bonds. The second-order valence-corrected chi connectivity index (χ2v) is 5.68. The van der Waals surface area contributed by atoms with Crippen LogP contribution in [0.3, 0.4) is 0 Å². The number of pyridine rings is 2. The first-order chi connectivity index (χ1) is 14.6. The van der Waals surface area contributed by atoms with Crippen LogP contribution >= 0.6 is 0 Å². The summed E-state index contributed by atoms with van der Waals surface area (Å²) in [6.07, 6.45) is 12.7. The summed E-state index contributed by atoms with van der Waals surface area (Å²) >= 11 is 0. The van der Waals surface area contributed by atoms with E-state index in [1.54, 1.807) is 18.6 Å². The number of ether oxygens (including phenoxy) is 1. The van der Waals surface area contributed by atoms with Gasteiger partial charge in [-0.1, -0.05) is 24.1 Å². The molecule has 4 rings (SSSR count). The standard InChI is InChI=1S/C15H11N3O2.C6H4F2.C2H2/c19-15-18-14(10-20-15)12-7-11(8-16-9-12)4-5-13-3-1-2-6-17-13;7-5-3-1-2-4-6(5)8;1-2/h1-3,6-9,14H,10H2,(H,18,19);1-4H;1-2H/t14-;;/m0../s1. The first-order valence-corrected chi connectivity index (χ1v) is 8.66. The summed E-state index contributed by atoms with van der Waals surface area (Å²) in [5, 5.41) is 2.71. The highest BCUT2D eigenvalue weighted by Crippen LogP contribution is 2.17. The third kappa shape index (κ3) is 6.74. The van der Waals surface area contributed by atoms with E-state index in [0.29, 0.717) is 12.3 Å². The normalized spacial score (nSPS) is 13.7. The van der Waals surface area contributed by atoms with Gasteiger partial charge >= 0.3 is 6.09 Å². The number of alkyl carbamates (subject to hydrolysis) is 1. The molecule has 1 aromatic carbocycles. The number of cyclic esters (lactones) is 1. The number of hydrogen-bond acceptors (Lipinski definition) is 4. The maximum atomic E-state index is 11.9. The zero-order valence-corrected chi connectivity index (χ0v) is 15.8. The van der Waals surface area contributed by atoms with Gasteiger partial charge in [-0.15, -0.1) is 12.8 Å². The Morgan fingerprint density at radius 1 is 1.03 bits per heavy atom. The van der Waals surface area contributed by atoms with E-state index in [1.807, 2.05) is 24.3 Å². The summed E-state index contributed by atoms with van der Waals surface area (Å²) in [7, 11) is 0. The molecule has 1 fully saturated rings. The van der Waals surface area contributed by atoms with Crippen LogP contribution < -0.4 is 5.32 Å². The number of carbonyl (C=O) groups excluding carboxylic acids is 1. The Morgan fingerprint density at radius 3 is 2.30 bits per heavy atom. The third-order valence-corrected chi connectivity index (χ3v) is 3.66. The topological polar surface area (TPSA) is 64.1 Å². The highest BCUT2D eigenvalue weighted by molar-refractivity contribution is 5.70. The van der Waals surface area contributed by atoms with E-state index in [1.165, 1.54) is 12.1 Å². The molecule has 30 heavy (non-hydrogen) atoms. The number of carbonyl (C=O) groups is 1. The summed E-state index contributed by atoms with van der Waals surface area (Å²) < 4.78 is 28.8. The molecule has 7 heteroatoms. The molecule has 0 saturated carbocycles. The number of aromatic nitrogens is 2. The van der Waals surface area contributed by atoms with Gasteiger partial charge in [-0.2, -0.15) is 0 Å². The predicted molar refractivity (Wildman–Crippen MR) is 108 cm³/mol. The van der Waals surface area contributed by atoms with Gasteiger partial charge < -0.3 is 10.1 Å². The first kappa shape index (κ1) is 22.1. The van der Waals surface area contributed by atoms with Crippen LogP contribution in [0.5, 0.6) is 0 Å². The molecule has 0 radical (unpaired) electrons. The van der Waals surface area contributed by atoms with Gasteiger partial charge in [0.25, 0.3) is 0 Å². The van der Waals surface area contributed by atoms with E-state index < -0.39 is 17.7 Å². The number of terminal acetylenes is 1. The minimum absolute atomic E-state index is 0.161. The SMILES string of the molecule is C#C.Fc1ccccc1F.O=C1N[C@H](c2cncc(C#Cc3ccccn3)c2)CO1. The summed E-state index contributed by atoms with van der Waals surface area (Å²) in [4.78, 5) is 19.3. The lowest BCUT2D eigenvalue weighted by atomic mass is 10.1. The summed E-state index contributed by atoms with van der Waals surface area (Å²) in [6, 6.07) is 12.3. The van der Waals surface area contributed by atoms with Crippen LogP contribution in [-0.4, -0.2) is 22.7 Å². The van der Waals surface area contributed by atoms with Gasteiger partial charge in [-0.05, 0) is 41.8 Å². The van der Waals surface area contributed by atoms with Crippen molar-refractivity contribution >= 4 is 6.09 Å². The third-order valence-electron chi connectivity index (χ3n) is 3.66. The average Bonchev–Trinajstić information content (AvgIpc) is 3.24. The zero-order valence-electron chi connectivity index (χ0n) is 15.8. The molecule has 1 aliphatic heterocycles. The predicted octanol–water partition coefficient (Wildman–Crippen LogP) is 3.87. The van der Waals surface area contributed by atoms with Crippen molar-refractivity contribution in [1.29, 1.82) is 0 Å². The Kier molecular flexibility index (Phi) is 8.51. The molecular formula is C23H17F2N3O2. The Bertz CT molecular complexity index is 1040. The molecule has 2 aromatic heterocycles. The molecule has 1 aliphatic rings. The second-order valence-electron chi connectivity index (χ2n) is 5.68. The molecule has 0 aliphatic carbocycles. The molecular weight excluding hydrogens is 388 g/mol. The summed E-state index contributed by atoms with van der Waals surface area (Å²) in [5.74, 6) is 4.38. The first-order valence-electron chi connectivity index (χ1n) is 8.66. The van der Waals surface area contributed by atoms with Crippen LogP contribution in [0.4, 0.5) is 13.6 Å². The van der Waals surface area contributed by atoms with Crippen LogP contribution in [-0.2, 0) is 4.74 Å². The van der Waals surface area contributed by atoms with E-state index in [2.05, 4.69) is 40.0 Å². The molecule has 0 unspecified atom stereocenters. The lowest BCUT2D eigenvalue weighted by Gasteiger charge is -2.06. The number of nitrogens with zero attached hydrogens (tertiary/aromatic N) is 2. The van der Waals surface area contributed by atoms with Crippen LogP contribution in [0, 0.1) is 36.3 Å². The van der Waals surface area contributed by atoms with Crippen molar-refractivity contribution in [2.24, 2.45) is 0 Å². The lowest BCUT2D eigenvalue weighted by molar-refractivity contribution is 0.177. The molecule has 0 spiro atoms. The van der Waals surface area contributed by atoms with E-state index >= 15 is 0 Å². The quantitative estimate of drug-likeness (QED) is 0.625. The monoisotopic (exact) mass is 405 g/mol. The summed E-state index contributed by atoms with van der Waals surface area (Å²) in [5.41, 5.74) is 2.35. The average molecular weight is 405 g/mol. The van der Waals surface area contributed by atoms with E-state index in [9.17, 15) is 13.6 Å². The number of benzene rings is 1. The number of amides is 1. The van der Waals surface area contributed by atoms with Crippen LogP contribution in [0.25, 0.3) is 0 Å². The smallest absolute Gasteiger partial charge is 0.407 e. The lowest BCUT2D eigenvalue weighted by Crippen LogP contribution is -2.18. The van der Waals surface area contributed by atoms with Gasteiger partial charge in [-0.25, -0.2) is 18.6 Å². The second kappa shape index (κ2) is 11.6. The number of rotatable bonds is 1. The molecule has 0 bridgehead atoms. The van der Waals surface area contributed by atoms with Gasteiger partial charge in [0, 0.05) is 24.2 Å². The fourth-order valence-electron chi connectivity index (χ4n) is 2.29. The van der Waals surface area contributed by atoms with Crippen molar-refractivity contribution in [2.45, 2.75) is 6.04 Å². The van der Waals surface area contributed by atoms with Gasteiger partial charge in [0.2, 0.25) is 0 Å². The minimum atomic E-state index is -0.799. The maximum Gasteiger partial charge on any atom is 0.407 e. The molecule has 1 atom stereocenters. The van der Waals surface area contributed by atoms with Crippen molar-refractivity contribution < 1.29 is 18.3 Å². The minimum Gasteiger partial charge on any atom is -0.447 e. The highest BCUT2D eigenvalue weighted by Gasteiger charge is 2.23. The summed E-state index contributed by atoms with van der Waals surface area (Å²) in [6.45, 7) is 0.317. The highest BCUT2D eigenvalue weighted by atomic mass is 19.2. The van der Waals surface area contributed by atoms with Crippen LogP contribution in [0.1, 0.15) is 22.9 Å². The molecule has 150 valence electrons. The molecule has 1 saturated heterocycles. The van der Waals surface area contributed by atoms with Crippen molar-refractivity contribution in [3.8, 4) is 24.7 Å². The van der Waals surface area contributed by atoms with Crippen molar-refractivity contribution in [3.05, 3.63) is 95.6 Å². The maximum absolute atomic E-state index is 11.9. The number of hydrogen-bond donors (Lipinski definition) is 1. The van der Waals surface area contributed by atoms with Gasteiger partial charge in [0.05, 0.1) is 6.04 Å². The Labute approximate surface area is 173 Å². The number of halogens is 2. The van der Waals surface area contributed by atoms with E-state index in [0.717, 1.165) is 23.3 Å². The van der Waals surface area contributed by atoms with Crippen molar-refractivity contribution in [1.82, 2.24) is 15.3 Å². The zero-order chi connectivity index (χ0) is 21.8. The molecule has 1 N–H and O–H groups in total. The van der Waals surface area contributed by atoms with Crippen molar-refractivity contribution in [2.75, 3.05) is 6.61 Å². The fourth-order valence-corrected chi connectivity index (χ4v) is 2.29. The van der Waals surface area contributed by atoms with E-state index in [-0.39, 0.29) is 6.04 Å². The van der Waals surface area contributed by atoms with Crippen molar-refractivity contribution in [3.63, 3.8) is 0 Å². The Balaban J connectivity index is 0.000000269. The largest absolute Gasteiger partial charge is 0.447 e. The van der Waals surface area contributed by atoms with E-state index in [4.69, 9.17) is 4.74 Å². The van der Waals surface area contributed by atoms with Gasteiger partial charge in [-0.3, -0.25) is 4.98 Å². The molecule has 5 nitrogen and oxygen atoms in total. The van der Waals surface area contributed by atoms with Gasteiger partial charge in [0.15, 0.2) is 11.6 Å². The van der Waals surface area contributed by atoms with Crippen LogP contribution in [0.2, 0.25) is 0 Å². The fraction of sp³-hybridized carbons (Fsp3) is 0.0870. The molecule has 3 heterocycles. The molecule has 3 aromatic rings. The van der Waals surface area contributed by atoms with Crippen LogP contribution in [0.15, 0.2) is 67.1 Å². The number of nitrogens with one attached hydrogen (secondary N) is 1. The Morgan fingerprint density at radius 2 is 1.73 bits per heavy atom. The van der Waals surface area contributed by atoms with Gasteiger partial charge in [0.1, 0.15) is 12.3 Å².